The van der Waals surface area contributed by atoms with Crippen LogP contribution in [0.4, 0.5) is 0 Å². The number of benzene rings is 2. The van der Waals surface area contributed by atoms with E-state index in [4.69, 9.17) is 9.84 Å². The van der Waals surface area contributed by atoms with Gasteiger partial charge in [-0.05, 0) is 44.0 Å². The fourth-order valence-corrected chi connectivity index (χ4v) is 2.17. The van der Waals surface area contributed by atoms with Crippen LogP contribution in [-0.2, 0) is 0 Å². The number of rotatable bonds is 3. The van der Waals surface area contributed by atoms with Crippen molar-refractivity contribution in [1.29, 1.82) is 0 Å². The average molecular weight is 256 g/mol. The molecule has 0 amide bonds. The van der Waals surface area contributed by atoms with Crippen molar-refractivity contribution in [2.24, 2.45) is 0 Å². The number of carboxylic acids is 1. The van der Waals surface area contributed by atoms with Crippen molar-refractivity contribution in [1.82, 2.24) is 0 Å². The Hall–Kier alpha value is -2.29. The van der Waals surface area contributed by atoms with E-state index >= 15 is 0 Å². The zero-order chi connectivity index (χ0) is 14.0. The van der Waals surface area contributed by atoms with E-state index < -0.39 is 5.97 Å². The van der Waals surface area contributed by atoms with E-state index in [9.17, 15) is 4.79 Å². The number of aryl methyl sites for hydroxylation is 3. The predicted octanol–water partition coefficient (Wildman–Crippen LogP) is 4.10. The SMILES string of the molecule is Cc1cc(C)c(Oc2ccccc2C(=O)O)c(C)c1. The van der Waals surface area contributed by atoms with Gasteiger partial charge in [0.2, 0.25) is 0 Å². The summed E-state index contributed by atoms with van der Waals surface area (Å²) in [4.78, 5) is 11.2. The van der Waals surface area contributed by atoms with Crippen LogP contribution < -0.4 is 4.74 Å². The fourth-order valence-electron chi connectivity index (χ4n) is 2.17. The summed E-state index contributed by atoms with van der Waals surface area (Å²) in [6, 6.07) is 10.7. The van der Waals surface area contributed by atoms with Crippen LogP contribution in [0.15, 0.2) is 36.4 Å². The Labute approximate surface area is 112 Å². The summed E-state index contributed by atoms with van der Waals surface area (Å²) in [5.74, 6) is 0.0994. The van der Waals surface area contributed by atoms with Crippen molar-refractivity contribution < 1.29 is 14.6 Å². The molecule has 0 heterocycles. The topological polar surface area (TPSA) is 46.5 Å². The zero-order valence-corrected chi connectivity index (χ0v) is 11.2. The summed E-state index contributed by atoms with van der Waals surface area (Å²) >= 11 is 0. The first kappa shape index (κ1) is 13.1. The molecule has 1 N–H and O–H groups in total. The first-order valence-electron chi connectivity index (χ1n) is 6.07. The second-order valence-corrected chi connectivity index (χ2v) is 4.63. The van der Waals surface area contributed by atoms with E-state index in [1.807, 2.05) is 32.9 Å². The molecule has 0 aromatic heterocycles. The maximum Gasteiger partial charge on any atom is 0.339 e. The number of hydrogen-bond acceptors (Lipinski definition) is 2. The molecule has 0 saturated heterocycles. The lowest BCUT2D eigenvalue weighted by Gasteiger charge is -2.14. The predicted molar refractivity (Wildman–Crippen MR) is 74.1 cm³/mol. The van der Waals surface area contributed by atoms with Crippen LogP contribution in [0.2, 0.25) is 0 Å². The highest BCUT2D eigenvalue weighted by molar-refractivity contribution is 5.90. The standard InChI is InChI=1S/C16H16O3/c1-10-8-11(2)15(12(3)9-10)19-14-7-5-4-6-13(14)16(17)18/h4-9H,1-3H3,(H,17,18). The molecular formula is C16H16O3. The summed E-state index contributed by atoms with van der Waals surface area (Å²) in [6.45, 7) is 5.94. The van der Waals surface area contributed by atoms with Gasteiger partial charge in [0.05, 0.1) is 0 Å². The lowest BCUT2D eigenvalue weighted by atomic mass is 10.1. The van der Waals surface area contributed by atoms with Crippen LogP contribution in [0, 0.1) is 20.8 Å². The van der Waals surface area contributed by atoms with Crippen LogP contribution in [0.5, 0.6) is 11.5 Å². The molecule has 0 saturated carbocycles. The van der Waals surface area contributed by atoms with E-state index in [1.165, 1.54) is 6.07 Å². The van der Waals surface area contributed by atoms with Gasteiger partial charge in [-0.25, -0.2) is 4.79 Å². The fraction of sp³-hybridized carbons (Fsp3) is 0.188. The van der Waals surface area contributed by atoms with Crippen molar-refractivity contribution in [2.45, 2.75) is 20.8 Å². The monoisotopic (exact) mass is 256 g/mol. The van der Waals surface area contributed by atoms with E-state index in [-0.39, 0.29) is 5.56 Å². The minimum atomic E-state index is -0.988. The van der Waals surface area contributed by atoms with Gasteiger partial charge in [-0.1, -0.05) is 29.8 Å². The molecule has 2 rings (SSSR count). The van der Waals surface area contributed by atoms with Crippen LogP contribution in [0.1, 0.15) is 27.0 Å². The molecule has 0 aliphatic rings. The summed E-state index contributed by atoms with van der Waals surface area (Å²) in [7, 11) is 0. The second-order valence-electron chi connectivity index (χ2n) is 4.63. The molecule has 0 aliphatic carbocycles. The number of aromatic carboxylic acids is 1. The molecule has 98 valence electrons. The number of carboxylic acid groups (broad SMARTS) is 1. The molecule has 0 radical (unpaired) electrons. The van der Waals surface area contributed by atoms with Crippen molar-refractivity contribution >= 4 is 5.97 Å². The van der Waals surface area contributed by atoms with Crippen LogP contribution in [0.3, 0.4) is 0 Å². The first-order chi connectivity index (χ1) is 8.99. The minimum Gasteiger partial charge on any atom is -0.478 e. The minimum absolute atomic E-state index is 0.168. The normalized spacial score (nSPS) is 10.3. The van der Waals surface area contributed by atoms with Gasteiger partial charge in [0.15, 0.2) is 0 Å². The highest BCUT2D eigenvalue weighted by atomic mass is 16.5. The molecule has 0 spiro atoms. The van der Waals surface area contributed by atoms with Crippen molar-refractivity contribution in [3.05, 3.63) is 58.7 Å². The molecule has 19 heavy (non-hydrogen) atoms. The Morgan fingerprint density at radius 3 is 2.21 bits per heavy atom. The van der Waals surface area contributed by atoms with Gasteiger partial charge in [0.1, 0.15) is 17.1 Å². The molecule has 0 aliphatic heterocycles. The molecule has 0 fully saturated rings. The Bertz CT molecular complexity index is 607. The van der Waals surface area contributed by atoms with Gasteiger partial charge in [-0.3, -0.25) is 0 Å². The first-order valence-corrected chi connectivity index (χ1v) is 6.07. The Morgan fingerprint density at radius 1 is 1.05 bits per heavy atom. The molecule has 2 aromatic carbocycles. The highest BCUT2D eigenvalue weighted by Crippen LogP contribution is 2.31. The molecule has 3 nitrogen and oxygen atoms in total. The quantitative estimate of drug-likeness (QED) is 0.899. The third-order valence-electron chi connectivity index (χ3n) is 2.93. The van der Waals surface area contributed by atoms with Gasteiger partial charge in [-0.15, -0.1) is 0 Å². The summed E-state index contributed by atoms with van der Waals surface area (Å²) in [5.41, 5.74) is 3.33. The molecule has 3 heteroatoms. The summed E-state index contributed by atoms with van der Waals surface area (Å²) in [5, 5.41) is 9.15. The third-order valence-corrected chi connectivity index (χ3v) is 2.93. The summed E-state index contributed by atoms with van der Waals surface area (Å²) < 4.78 is 5.81. The van der Waals surface area contributed by atoms with E-state index in [0.717, 1.165) is 22.4 Å². The zero-order valence-electron chi connectivity index (χ0n) is 11.2. The van der Waals surface area contributed by atoms with E-state index in [2.05, 4.69) is 0 Å². The van der Waals surface area contributed by atoms with Gasteiger partial charge in [-0.2, -0.15) is 0 Å². The van der Waals surface area contributed by atoms with E-state index in [1.54, 1.807) is 18.2 Å². The number of ether oxygens (including phenoxy) is 1. The van der Waals surface area contributed by atoms with Crippen molar-refractivity contribution in [2.75, 3.05) is 0 Å². The van der Waals surface area contributed by atoms with Crippen LogP contribution in [0.25, 0.3) is 0 Å². The molecule has 2 aromatic rings. The molecule has 0 atom stereocenters. The smallest absolute Gasteiger partial charge is 0.339 e. The largest absolute Gasteiger partial charge is 0.478 e. The Kier molecular flexibility index (Phi) is 3.56. The highest BCUT2D eigenvalue weighted by Gasteiger charge is 2.13. The van der Waals surface area contributed by atoms with Gasteiger partial charge < -0.3 is 9.84 Å². The molecular weight excluding hydrogens is 240 g/mol. The third kappa shape index (κ3) is 2.76. The molecule has 0 bridgehead atoms. The van der Waals surface area contributed by atoms with Gasteiger partial charge in [0.25, 0.3) is 0 Å². The van der Waals surface area contributed by atoms with Crippen molar-refractivity contribution in [3.63, 3.8) is 0 Å². The average Bonchev–Trinajstić information content (AvgIpc) is 2.34. The maximum atomic E-state index is 11.2. The number of para-hydroxylation sites is 1. The Morgan fingerprint density at radius 2 is 1.63 bits per heavy atom. The Balaban J connectivity index is 2.45. The van der Waals surface area contributed by atoms with E-state index in [0.29, 0.717) is 5.75 Å². The van der Waals surface area contributed by atoms with Crippen LogP contribution in [-0.4, -0.2) is 11.1 Å². The summed E-state index contributed by atoms with van der Waals surface area (Å²) in [6.07, 6.45) is 0. The second kappa shape index (κ2) is 5.14. The molecule has 0 unspecified atom stereocenters. The number of carbonyl (C=O) groups is 1. The number of hydrogen-bond donors (Lipinski definition) is 1. The lowest BCUT2D eigenvalue weighted by Crippen LogP contribution is -2.01. The van der Waals surface area contributed by atoms with Gasteiger partial charge >= 0.3 is 5.97 Å². The maximum absolute atomic E-state index is 11.2. The van der Waals surface area contributed by atoms with Gasteiger partial charge in [0, 0.05) is 0 Å². The van der Waals surface area contributed by atoms with Crippen molar-refractivity contribution in [3.8, 4) is 11.5 Å². The van der Waals surface area contributed by atoms with Crippen LogP contribution >= 0.6 is 0 Å². The lowest BCUT2D eigenvalue weighted by molar-refractivity contribution is 0.0694.